The van der Waals surface area contributed by atoms with E-state index in [1.807, 2.05) is 32.4 Å². The predicted octanol–water partition coefficient (Wildman–Crippen LogP) is 3.14. The van der Waals surface area contributed by atoms with E-state index in [4.69, 9.17) is 0 Å². The Morgan fingerprint density at radius 2 is 1.71 bits per heavy atom. The van der Waals surface area contributed by atoms with Gasteiger partial charge >= 0.3 is 6.03 Å². The van der Waals surface area contributed by atoms with Crippen molar-refractivity contribution in [1.29, 1.82) is 0 Å². The molecule has 0 radical (unpaired) electrons. The number of carbonyl (C=O) groups excluding carboxylic acids is 2. The highest BCUT2D eigenvalue weighted by molar-refractivity contribution is 7.90. The topological polar surface area (TPSA) is 95.6 Å². The highest BCUT2D eigenvalue weighted by Gasteiger charge is 2.34. The van der Waals surface area contributed by atoms with Gasteiger partial charge in [-0.2, -0.15) is 0 Å². The molecular weight excluding hydrogens is 385 g/mol. The van der Waals surface area contributed by atoms with Crippen molar-refractivity contribution in [3.63, 3.8) is 0 Å². The van der Waals surface area contributed by atoms with Crippen molar-refractivity contribution < 1.29 is 22.4 Å². The quantitative estimate of drug-likeness (QED) is 0.775. The lowest BCUT2D eigenvalue weighted by Gasteiger charge is -2.29. The first-order chi connectivity index (χ1) is 12.9. The molecule has 0 aliphatic carbocycles. The van der Waals surface area contributed by atoms with Crippen molar-refractivity contribution >= 4 is 27.6 Å². The average Bonchev–Trinajstić information content (AvgIpc) is 2.57. The molecule has 1 aromatic rings. The van der Waals surface area contributed by atoms with Crippen molar-refractivity contribution in [1.82, 2.24) is 9.62 Å². The zero-order chi connectivity index (χ0) is 21.2. The number of nitrogens with one attached hydrogen (secondary N) is 2. The Balaban J connectivity index is 2.24. The SMILES string of the molecule is CC(C)c1cc(F)cc(C(C)C)c1NC(=O)NS(=O)(=O)C1CCC(=O)N(C)C1. The molecule has 2 N–H and O–H groups in total. The van der Waals surface area contributed by atoms with Crippen molar-refractivity contribution in [2.75, 3.05) is 18.9 Å². The number of likely N-dealkylation sites (tertiary alicyclic amines) is 1. The average molecular weight is 414 g/mol. The van der Waals surface area contributed by atoms with E-state index in [1.54, 1.807) is 0 Å². The van der Waals surface area contributed by atoms with Crippen LogP contribution in [-0.4, -0.2) is 44.1 Å². The summed E-state index contributed by atoms with van der Waals surface area (Å²) in [6, 6.07) is 1.81. The number of rotatable bonds is 5. The van der Waals surface area contributed by atoms with Crippen LogP contribution in [0.3, 0.4) is 0 Å². The lowest BCUT2D eigenvalue weighted by Crippen LogP contribution is -2.49. The summed E-state index contributed by atoms with van der Waals surface area (Å²) in [6.07, 6.45) is 0.285. The fraction of sp³-hybridized carbons (Fsp3) is 0.579. The summed E-state index contributed by atoms with van der Waals surface area (Å²) in [5.74, 6) is -0.664. The van der Waals surface area contributed by atoms with E-state index < -0.39 is 27.1 Å². The fourth-order valence-corrected chi connectivity index (χ4v) is 4.61. The highest BCUT2D eigenvalue weighted by Crippen LogP contribution is 2.33. The van der Waals surface area contributed by atoms with E-state index in [0.717, 1.165) is 0 Å². The minimum Gasteiger partial charge on any atom is -0.344 e. The smallest absolute Gasteiger partial charge is 0.332 e. The molecule has 0 bridgehead atoms. The lowest BCUT2D eigenvalue weighted by atomic mass is 9.92. The molecule has 28 heavy (non-hydrogen) atoms. The minimum absolute atomic E-state index is 0.0342. The second-order valence-corrected chi connectivity index (χ2v) is 9.77. The van der Waals surface area contributed by atoms with Crippen LogP contribution in [-0.2, 0) is 14.8 Å². The van der Waals surface area contributed by atoms with E-state index in [9.17, 15) is 22.4 Å². The van der Waals surface area contributed by atoms with Gasteiger partial charge in [0.25, 0.3) is 0 Å². The maximum absolute atomic E-state index is 14.0. The Bertz CT molecular complexity index is 839. The molecule has 1 heterocycles. The van der Waals surface area contributed by atoms with Gasteiger partial charge in [-0.3, -0.25) is 4.79 Å². The molecule has 1 unspecified atom stereocenters. The van der Waals surface area contributed by atoms with Gasteiger partial charge in [0.15, 0.2) is 0 Å². The number of hydrogen-bond donors (Lipinski definition) is 2. The highest BCUT2D eigenvalue weighted by atomic mass is 32.2. The number of amides is 3. The number of hydrogen-bond acceptors (Lipinski definition) is 4. The molecule has 0 spiro atoms. The summed E-state index contributed by atoms with van der Waals surface area (Å²) in [5, 5.41) is 1.75. The first kappa shape index (κ1) is 22.1. The molecule has 1 saturated heterocycles. The van der Waals surface area contributed by atoms with Gasteiger partial charge < -0.3 is 10.2 Å². The second-order valence-electron chi connectivity index (χ2n) is 7.80. The Kier molecular flexibility index (Phi) is 6.69. The molecule has 7 nitrogen and oxygen atoms in total. The Labute approximate surface area is 165 Å². The van der Waals surface area contributed by atoms with Crippen molar-refractivity contribution in [2.45, 2.75) is 57.6 Å². The number of piperidine rings is 1. The van der Waals surface area contributed by atoms with Gasteiger partial charge in [0.1, 0.15) is 5.82 Å². The van der Waals surface area contributed by atoms with Crippen LogP contribution >= 0.6 is 0 Å². The van der Waals surface area contributed by atoms with Crippen LogP contribution in [0.15, 0.2) is 12.1 Å². The van der Waals surface area contributed by atoms with E-state index in [0.29, 0.717) is 16.8 Å². The number of sulfonamides is 1. The fourth-order valence-electron chi connectivity index (χ4n) is 3.28. The van der Waals surface area contributed by atoms with Crippen LogP contribution < -0.4 is 10.0 Å². The number of benzene rings is 1. The molecule has 3 amide bonds. The van der Waals surface area contributed by atoms with E-state index in [1.165, 1.54) is 24.1 Å². The largest absolute Gasteiger partial charge is 0.344 e. The number of urea groups is 1. The number of nitrogens with zero attached hydrogens (tertiary/aromatic N) is 1. The molecule has 1 aromatic carbocycles. The number of carbonyl (C=O) groups is 2. The second kappa shape index (κ2) is 8.46. The van der Waals surface area contributed by atoms with E-state index in [2.05, 4.69) is 5.32 Å². The van der Waals surface area contributed by atoms with Crippen LogP contribution in [0.2, 0.25) is 0 Å². The third kappa shape index (κ3) is 5.01. The van der Waals surface area contributed by atoms with Crippen LogP contribution in [0.5, 0.6) is 0 Å². The van der Waals surface area contributed by atoms with Gasteiger partial charge in [-0.25, -0.2) is 22.3 Å². The molecule has 1 atom stereocenters. The van der Waals surface area contributed by atoms with Gasteiger partial charge in [0, 0.05) is 25.7 Å². The molecule has 0 aromatic heterocycles. The van der Waals surface area contributed by atoms with Crippen molar-refractivity contribution in [2.24, 2.45) is 0 Å². The van der Waals surface area contributed by atoms with Crippen LogP contribution in [0.4, 0.5) is 14.9 Å². The zero-order valence-corrected chi connectivity index (χ0v) is 17.7. The molecular formula is C19H28FN3O4S. The Hall–Kier alpha value is -2.16. The van der Waals surface area contributed by atoms with Crippen LogP contribution in [0, 0.1) is 5.82 Å². The van der Waals surface area contributed by atoms with Crippen LogP contribution in [0.25, 0.3) is 0 Å². The van der Waals surface area contributed by atoms with E-state index >= 15 is 0 Å². The first-order valence-electron chi connectivity index (χ1n) is 9.32. The summed E-state index contributed by atoms with van der Waals surface area (Å²) in [4.78, 5) is 25.4. The molecule has 156 valence electrons. The monoisotopic (exact) mass is 413 g/mol. The van der Waals surface area contributed by atoms with Gasteiger partial charge in [0.05, 0.1) is 5.25 Å². The van der Waals surface area contributed by atoms with Gasteiger partial charge in [0.2, 0.25) is 15.9 Å². The third-order valence-corrected chi connectivity index (χ3v) is 6.64. The molecule has 1 fully saturated rings. The molecule has 2 rings (SSSR count). The maximum atomic E-state index is 14.0. The van der Waals surface area contributed by atoms with Crippen molar-refractivity contribution in [3.05, 3.63) is 29.1 Å². The Morgan fingerprint density at radius 1 is 1.18 bits per heavy atom. The third-order valence-electron chi connectivity index (χ3n) is 4.90. The summed E-state index contributed by atoms with van der Waals surface area (Å²) < 4.78 is 41.2. The van der Waals surface area contributed by atoms with Gasteiger partial charge in [-0.1, -0.05) is 27.7 Å². The lowest BCUT2D eigenvalue weighted by molar-refractivity contribution is -0.131. The summed E-state index contributed by atoms with van der Waals surface area (Å²) in [5.41, 5.74) is 1.62. The standard InChI is InChI=1S/C19H28FN3O4S/c1-11(2)15-8-13(20)9-16(12(3)4)18(15)21-19(25)22-28(26,27)14-6-7-17(24)23(5)10-14/h8-9,11-12,14H,6-7,10H2,1-5H3,(H2,21,22,25). The predicted molar refractivity (Wildman–Crippen MR) is 106 cm³/mol. The molecule has 1 aliphatic heterocycles. The summed E-state index contributed by atoms with van der Waals surface area (Å²) >= 11 is 0. The van der Waals surface area contributed by atoms with Gasteiger partial charge in [-0.05, 0) is 41.5 Å². The summed E-state index contributed by atoms with van der Waals surface area (Å²) in [6.45, 7) is 7.51. The first-order valence-corrected chi connectivity index (χ1v) is 10.9. The minimum atomic E-state index is -3.96. The van der Waals surface area contributed by atoms with Gasteiger partial charge in [-0.15, -0.1) is 0 Å². The summed E-state index contributed by atoms with van der Waals surface area (Å²) in [7, 11) is -2.43. The zero-order valence-electron chi connectivity index (χ0n) is 16.9. The maximum Gasteiger partial charge on any atom is 0.332 e. The molecule has 1 aliphatic rings. The molecule has 0 saturated carbocycles. The number of halogens is 1. The molecule has 9 heteroatoms. The number of anilines is 1. The van der Waals surface area contributed by atoms with E-state index in [-0.39, 0.29) is 37.1 Å². The van der Waals surface area contributed by atoms with Crippen LogP contribution in [0.1, 0.15) is 63.5 Å². The van der Waals surface area contributed by atoms with Crippen molar-refractivity contribution in [3.8, 4) is 0 Å². The normalized spacial score (nSPS) is 17.9. The Morgan fingerprint density at radius 3 is 2.18 bits per heavy atom.